The molecular formula is C21H19N3O2. The lowest BCUT2D eigenvalue weighted by atomic mass is 10.1. The van der Waals surface area contributed by atoms with Gasteiger partial charge in [0.05, 0.1) is 12.8 Å². The standard InChI is InChI=1S/C21H19N3O2/c1-3-10-24-15(2)19(18-8-4-5-9-20(18)24)12-16(13-22)21(25)23-14-17-7-6-11-26-17/h3-9,11-12H,1,10,14H2,2H3,(H,23,25). The number of hydrogen-bond donors (Lipinski definition) is 1. The molecule has 1 amide bonds. The first-order valence-electron chi connectivity index (χ1n) is 8.26. The Balaban J connectivity index is 1.96. The topological polar surface area (TPSA) is 71.0 Å². The number of aromatic nitrogens is 1. The first-order valence-corrected chi connectivity index (χ1v) is 8.26. The molecule has 0 atom stereocenters. The van der Waals surface area contributed by atoms with E-state index in [2.05, 4.69) is 16.5 Å². The van der Waals surface area contributed by atoms with Crippen LogP contribution in [0.4, 0.5) is 0 Å². The zero-order valence-electron chi connectivity index (χ0n) is 14.5. The van der Waals surface area contributed by atoms with Gasteiger partial charge in [-0.1, -0.05) is 24.3 Å². The lowest BCUT2D eigenvalue weighted by molar-refractivity contribution is -0.117. The quantitative estimate of drug-likeness (QED) is 0.418. The SMILES string of the molecule is C=CCn1c(C)c(C=C(C#N)C(=O)NCc2ccco2)c2ccccc21. The minimum absolute atomic E-state index is 0.0566. The number of nitrogens with one attached hydrogen (secondary N) is 1. The van der Waals surface area contributed by atoms with Crippen molar-refractivity contribution >= 4 is 22.9 Å². The van der Waals surface area contributed by atoms with Crippen LogP contribution in [-0.4, -0.2) is 10.5 Å². The molecule has 0 bridgehead atoms. The molecule has 5 nitrogen and oxygen atoms in total. The Morgan fingerprint density at radius 3 is 2.85 bits per heavy atom. The van der Waals surface area contributed by atoms with Crippen molar-refractivity contribution in [3.05, 3.63) is 77.9 Å². The summed E-state index contributed by atoms with van der Waals surface area (Å²) in [6, 6.07) is 13.4. The second-order valence-corrected chi connectivity index (χ2v) is 5.85. The minimum atomic E-state index is -0.427. The lowest BCUT2D eigenvalue weighted by Gasteiger charge is -2.04. The van der Waals surface area contributed by atoms with Gasteiger partial charge in [0.15, 0.2) is 0 Å². The van der Waals surface area contributed by atoms with Gasteiger partial charge in [0.1, 0.15) is 17.4 Å². The van der Waals surface area contributed by atoms with E-state index in [0.717, 1.165) is 22.2 Å². The number of benzene rings is 1. The Hall–Kier alpha value is -3.52. The first-order chi connectivity index (χ1) is 12.7. The molecule has 0 fully saturated rings. The number of carbonyl (C=O) groups excluding carboxylic acids is 1. The maximum absolute atomic E-state index is 12.4. The summed E-state index contributed by atoms with van der Waals surface area (Å²) >= 11 is 0. The Kier molecular flexibility index (Phi) is 5.04. The Morgan fingerprint density at radius 1 is 1.35 bits per heavy atom. The smallest absolute Gasteiger partial charge is 0.262 e. The Labute approximate surface area is 151 Å². The number of rotatable bonds is 6. The summed E-state index contributed by atoms with van der Waals surface area (Å²) in [5.41, 5.74) is 2.95. The van der Waals surface area contributed by atoms with Gasteiger partial charge in [-0.05, 0) is 31.2 Å². The highest BCUT2D eigenvalue weighted by Gasteiger charge is 2.15. The predicted molar refractivity (Wildman–Crippen MR) is 101 cm³/mol. The van der Waals surface area contributed by atoms with Crippen molar-refractivity contribution in [3.8, 4) is 6.07 Å². The predicted octanol–water partition coefficient (Wildman–Crippen LogP) is 3.95. The van der Waals surface area contributed by atoms with Gasteiger partial charge in [-0.3, -0.25) is 4.79 Å². The van der Waals surface area contributed by atoms with Crippen LogP contribution < -0.4 is 5.32 Å². The molecule has 0 unspecified atom stereocenters. The van der Waals surface area contributed by atoms with Crippen LogP contribution in [0.15, 0.2) is 65.3 Å². The van der Waals surface area contributed by atoms with Gasteiger partial charge in [-0.25, -0.2) is 0 Å². The summed E-state index contributed by atoms with van der Waals surface area (Å²) in [7, 11) is 0. The number of allylic oxidation sites excluding steroid dienone is 1. The molecule has 26 heavy (non-hydrogen) atoms. The van der Waals surface area contributed by atoms with Crippen LogP contribution in [0.25, 0.3) is 17.0 Å². The van der Waals surface area contributed by atoms with E-state index in [9.17, 15) is 10.1 Å². The molecule has 5 heteroatoms. The molecule has 0 radical (unpaired) electrons. The molecule has 3 rings (SSSR count). The van der Waals surface area contributed by atoms with Crippen LogP contribution in [0.2, 0.25) is 0 Å². The van der Waals surface area contributed by atoms with Crippen molar-refractivity contribution in [1.82, 2.24) is 9.88 Å². The van der Waals surface area contributed by atoms with Crippen molar-refractivity contribution in [3.63, 3.8) is 0 Å². The number of amides is 1. The van der Waals surface area contributed by atoms with E-state index >= 15 is 0 Å². The number of nitrogens with zero attached hydrogens (tertiary/aromatic N) is 2. The molecule has 2 aromatic heterocycles. The van der Waals surface area contributed by atoms with E-state index in [0.29, 0.717) is 12.3 Å². The van der Waals surface area contributed by atoms with Gasteiger partial charge >= 0.3 is 0 Å². The lowest BCUT2D eigenvalue weighted by Crippen LogP contribution is -2.23. The molecule has 1 N–H and O–H groups in total. The largest absolute Gasteiger partial charge is 0.467 e. The third-order valence-electron chi connectivity index (χ3n) is 4.25. The van der Waals surface area contributed by atoms with Crippen molar-refractivity contribution in [2.24, 2.45) is 0 Å². The fraction of sp³-hybridized carbons (Fsp3) is 0.143. The van der Waals surface area contributed by atoms with Crippen LogP contribution >= 0.6 is 0 Å². The Bertz CT molecular complexity index is 1020. The van der Waals surface area contributed by atoms with Crippen molar-refractivity contribution in [2.45, 2.75) is 20.0 Å². The molecule has 0 saturated heterocycles. The average molecular weight is 345 g/mol. The van der Waals surface area contributed by atoms with Crippen LogP contribution in [0.5, 0.6) is 0 Å². The van der Waals surface area contributed by atoms with Gasteiger partial charge < -0.3 is 14.3 Å². The average Bonchev–Trinajstić information content (AvgIpc) is 3.26. The second kappa shape index (κ2) is 7.58. The summed E-state index contributed by atoms with van der Waals surface area (Å²) in [4.78, 5) is 12.4. The zero-order chi connectivity index (χ0) is 18.5. The molecule has 130 valence electrons. The summed E-state index contributed by atoms with van der Waals surface area (Å²) in [6.45, 7) is 6.68. The fourth-order valence-electron chi connectivity index (χ4n) is 2.97. The molecular weight excluding hydrogens is 326 g/mol. The molecule has 0 spiro atoms. The fourth-order valence-corrected chi connectivity index (χ4v) is 2.97. The normalized spacial score (nSPS) is 11.3. The molecule has 0 aliphatic heterocycles. The summed E-state index contributed by atoms with van der Waals surface area (Å²) < 4.78 is 7.31. The van der Waals surface area contributed by atoms with E-state index in [4.69, 9.17) is 4.42 Å². The van der Waals surface area contributed by atoms with Gasteiger partial charge in [-0.2, -0.15) is 5.26 Å². The van der Waals surface area contributed by atoms with Crippen LogP contribution in [0.3, 0.4) is 0 Å². The zero-order valence-corrected chi connectivity index (χ0v) is 14.5. The summed E-state index contributed by atoms with van der Waals surface area (Å²) in [5, 5.41) is 13.2. The molecule has 2 heterocycles. The molecule has 0 aliphatic rings. The van der Waals surface area contributed by atoms with Crippen LogP contribution in [-0.2, 0) is 17.9 Å². The second-order valence-electron chi connectivity index (χ2n) is 5.85. The number of carbonyl (C=O) groups is 1. The van der Waals surface area contributed by atoms with Gasteiger partial charge in [0.25, 0.3) is 5.91 Å². The van der Waals surface area contributed by atoms with Crippen LogP contribution in [0.1, 0.15) is 17.0 Å². The first kappa shape index (κ1) is 17.3. The van der Waals surface area contributed by atoms with Crippen molar-refractivity contribution < 1.29 is 9.21 Å². The number of nitriles is 1. The Morgan fingerprint density at radius 2 is 2.15 bits per heavy atom. The number of furan rings is 1. The third-order valence-corrected chi connectivity index (χ3v) is 4.25. The highest BCUT2D eigenvalue weighted by Crippen LogP contribution is 2.28. The van der Waals surface area contributed by atoms with Gasteiger partial charge in [0.2, 0.25) is 0 Å². The third kappa shape index (κ3) is 3.31. The van der Waals surface area contributed by atoms with E-state index in [1.165, 1.54) is 0 Å². The number of hydrogen-bond acceptors (Lipinski definition) is 3. The minimum Gasteiger partial charge on any atom is -0.467 e. The summed E-state index contributed by atoms with van der Waals surface area (Å²) in [6.07, 6.45) is 5.02. The monoisotopic (exact) mass is 345 g/mol. The maximum Gasteiger partial charge on any atom is 0.262 e. The van der Waals surface area contributed by atoms with E-state index in [1.807, 2.05) is 43.3 Å². The van der Waals surface area contributed by atoms with E-state index in [-0.39, 0.29) is 12.1 Å². The van der Waals surface area contributed by atoms with Crippen LogP contribution in [0, 0.1) is 18.3 Å². The van der Waals surface area contributed by atoms with Crippen molar-refractivity contribution in [1.29, 1.82) is 5.26 Å². The molecule has 3 aromatic rings. The number of fused-ring (bicyclic) bond motifs is 1. The van der Waals surface area contributed by atoms with E-state index < -0.39 is 5.91 Å². The number of para-hydroxylation sites is 1. The summed E-state index contributed by atoms with van der Waals surface area (Å²) in [5.74, 6) is 0.207. The van der Waals surface area contributed by atoms with Gasteiger partial charge in [0, 0.05) is 28.7 Å². The van der Waals surface area contributed by atoms with Gasteiger partial charge in [-0.15, -0.1) is 6.58 Å². The molecule has 1 aromatic carbocycles. The van der Waals surface area contributed by atoms with E-state index in [1.54, 1.807) is 24.5 Å². The highest BCUT2D eigenvalue weighted by atomic mass is 16.3. The molecule has 0 aliphatic carbocycles. The maximum atomic E-state index is 12.4. The highest BCUT2D eigenvalue weighted by molar-refractivity contribution is 6.04. The molecule has 0 saturated carbocycles. The van der Waals surface area contributed by atoms with Crippen molar-refractivity contribution in [2.75, 3.05) is 0 Å².